The second-order valence-electron chi connectivity index (χ2n) is 6.80. The first-order valence-corrected chi connectivity index (χ1v) is 7.14. The summed E-state index contributed by atoms with van der Waals surface area (Å²) in [4.78, 5) is 0. The van der Waals surface area contributed by atoms with Gasteiger partial charge in [0.25, 0.3) is 0 Å². The maximum Gasteiger partial charge on any atom is 0.129 e. The lowest BCUT2D eigenvalue weighted by atomic mass is 9.70. The van der Waals surface area contributed by atoms with E-state index in [0.29, 0.717) is 5.92 Å². The molecule has 1 saturated carbocycles. The van der Waals surface area contributed by atoms with Gasteiger partial charge in [0.05, 0.1) is 0 Å². The molecule has 2 N–H and O–H groups in total. The molecule has 1 aliphatic carbocycles. The van der Waals surface area contributed by atoms with Gasteiger partial charge in [-0.15, -0.1) is 0 Å². The molecule has 0 spiro atoms. The van der Waals surface area contributed by atoms with E-state index < -0.39 is 11.6 Å². The molecule has 0 bridgehead atoms. The molecule has 1 fully saturated rings. The standard InChI is InChI=1S/C16H23F2NO/c1-16(2,3)10-4-5-14(19)15(6-10)20-13-8-11(17)7-12(18)9-13/h7-10,14-15H,4-6,19H2,1-3H3. The highest BCUT2D eigenvalue weighted by Gasteiger charge is 2.35. The SMILES string of the molecule is CC(C)(C)C1CCC(N)C(Oc2cc(F)cc(F)c2)C1. The topological polar surface area (TPSA) is 35.2 Å². The fraction of sp³-hybridized carbons (Fsp3) is 0.625. The van der Waals surface area contributed by atoms with E-state index in [4.69, 9.17) is 10.5 Å². The molecule has 112 valence electrons. The summed E-state index contributed by atoms with van der Waals surface area (Å²) in [5.74, 6) is -0.531. The molecule has 4 heteroatoms. The first kappa shape index (κ1) is 15.2. The van der Waals surface area contributed by atoms with Gasteiger partial charge in [-0.05, 0) is 30.6 Å². The highest BCUT2D eigenvalue weighted by molar-refractivity contribution is 5.24. The van der Waals surface area contributed by atoms with Gasteiger partial charge in [0.2, 0.25) is 0 Å². The molecule has 0 aliphatic heterocycles. The van der Waals surface area contributed by atoms with Crippen molar-refractivity contribution in [1.29, 1.82) is 0 Å². The number of hydrogen-bond acceptors (Lipinski definition) is 2. The molecule has 2 nitrogen and oxygen atoms in total. The Balaban J connectivity index is 2.10. The zero-order valence-corrected chi connectivity index (χ0v) is 12.3. The molecule has 2 rings (SSSR count). The fourth-order valence-corrected chi connectivity index (χ4v) is 2.85. The Morgan fingerprint density at radius 2 is 1.70 bits per heavy atom. The lowest BCUT2D eigenvalue weighted by Crippen LogP contribution is -2.46. The minimum atomic E-state index is -0.628. The highest BCUT2D eigenvalue weighted by atomic mass is 19.1. The summed E-state index contributed by atoms with van der Waals surface area (Å²) in [6.07, 6.45) is 2.59. The fourth-order valence-electron chi connectivity index (χ4n) is 2.85. The summed E-state index contributed by atoms with van der Waals surface area (Å²) < 4.78 is 32.1. The minimum Gasteiger partial charge on any atom is -0.489 e. The maximum absolute atomic E-state index is 13.2. The Morgan fingerprint density at radius 1 is 1.10 bits per heavy atom. The predicted octanol–water partition coefficient (Wildman–Crippen LogP) is 3.89. The summed E-state index contributed by atoms with van der Waals surface area (Å²) >= 11 is 0. The molecule has 1 aliphatic rings. The monoisotopic (exact) mass is 283 g/mol. The van der Waals surface area contributed by atoms with E-state index >= 15 is 0 Å². The Hall–Kier alpha value is -1.16. The van der Waals surface area contributed by atoms with Crippen molar-refractivity contribution in [3.05, 3.63) is 29.8 Å². The van der Waals surface area contributed by atoms with E-state index in [1.165, 1.54) is 12.1 Å². The van der Waals surface area contributed by atoms with Gasteiger partial charge in [0.15, 0.2) is 0 Å². The lowest BCUT2D eigenvalue weighted by molar-refractivity contribution is 0.0588. The molecular weight excluding hydrogens is 260 g/mol. The molecule has 1 aromatic carbocycles. The van der Waals surface area contributed by atoms with Crippen LogP contribution in [-0.2, 0) is 0 Å². The maximum atomic E-state index is 13.2. The van der Waals surface area contributed by atoms with Gasteiger partial charge >= 0.3 is 0 Å². The third-order valence-corrected chi connectivity index (χ3v) is 4.19. The Labute approximate surface area is 119 Å². The van der Waals surface area contributed by atoms with Crippen LogP contribution in [0.3, 0.4) is 0 Å². The van der Waals surface area contributed by atoms with Crippen molar-refractivity contribution >= 4 is 0 Å². The zero-order valence-electron chi connectivity index (χ0n) is 12.3. The third-order valence-electron chi connectivity index (χ3n) is 4.19. The second-order valence-corrected chi connectivity index (χ2v) is 6.80. The van der Waals surface area contributed by atoms with E-state index in [0.717, 1.165) is 25.3 Å². The quantitative estimate of drug-likeness (QED) is 0.893. The molecule has 1 aromatic rings. The average Bonchev–Trinajstić information content (AvgIpc) is 2.29. The summed E-state index contributed by atoms with van der Waals surface area (Å²) in [7, 11) is 0. The van der Waals surface area contributed by atoms with Crippen molar-refractivity contribution < 1.29 is 13.5 Å². The van der Waals surface area contributed by atoms with E-state index in [9.17, 15) is 8.78 Å². The molecule has 0 amide bonds. The van der Waals surface area contributed by atoms with Crippen LogP contribution >= 0.6 is 0 Å². The van der Waals surface area contributed by atoms with Crippen LogP contribution in [-0.4, -0.2) is 12.1 Å². The lowest BCUT2D eigenvalue weighted by Gasteiger charge is -2.40. The summed E-state index contributed by atoms with van der Waals surface area (Å²) in [5.41, 5.74) is 6.29. The third kappa shape index (κ3) is 3.69. The van der Waals surface area contributed by atoms with Crippen LogP contribution in [0.1, 0.15) is 40.0 Å². The smallest absolute Gasteiger partial charge is 0.129 e. The van der Waals surface area contributed by atoms with Crippen molar-refractivity contribution in [2.24, 2.45) is 17.1 Å². The number of hydrogen-bond donors (Lipinski definition) is 1. The molecule has 0 heterocycles. The van der Waals surface area contributed by atoms with Crippen LogP contribution in [0, 0.1) is 23.0 Å². The van der Waals surface area contributed by atoms with Gasteiger partial charge in [0.1, 0.15) is 23.5 Å². The van der Waals surface area contributed by atoms with Crippen LogP contribution < -0.4 is 10.5 Å². The van der Waals surface area contributed by atoms with Crippen LogP contribution in [0.15, 0.2) is 18.2 Å². The van der Waals surface area contributed by atoms with Gasteiger partial charge in [0, 0.05) is 24.2 Å². The van der Waals surface area contributed by atoms with Crippen LogP contribution in [0.5, 0.6) is 5.75 Å². The number of benzene rings is 1. The van der Waals surface area contributed by atoms with Crippen LogP contribution in [0.2, 0.25) is 0 Å². The van der Waals surface area contributed by atoms with Gasteiger partial charge in [-0.3, -0.25) is 0 Å². The van der Waals surface area contributed by atoms with Crippen molar-refractivity contribution in [3.8, 4) is 5.75 Å². The molecule has 20 heavy (non-hydrogen) atoms. The summed E-state index contributed by atoms with van der Waals surface area (Å²) in [5, 5.41) is 0. The second kappa shape index (κ2) is 5.68. The van der Waals surface area contributed by atoms with Gasteiger partial charge in [-0.25, -0.2) is 8.78 Å². The Morgan fingerprint density at radius 3 is 2.25 bits per heavy atom. The first-order valence-electron chi connectivity index (χ1n) is 7.14. The largest absolute Gasteiger partial charge is 0.489 e. The van der Waals surface area contributed by atoms with E-state index in [1.54, 1.807) is 0 Å². The number of rotatable bonds is 2. The number of nitrogens with two attached hydrogens (primary N) is 1. The molecule has 0 saturated heterocycles. The molecule has 0 radical (unpaired) electrons. The zero-order chi connectivity index (χ0) is 14.9. The van der Waals surface area contributed by atoms with Crippen LogP contribution in [0.4, 0.5) is 8.78 Å². The van der Waals surface area contributed by atoms with E-state index in [-0.39, 0.29) is 23.3 Å². The molecule has 0 aromatic heterocycles. The summed E-state index contributed by atoms with van der Waals surface area (Å²) in [6.45, 7) is 6.61. The number of ether oxygens (including phenoxy) is 1. The van der Waals surface area contributed by atoms with Gasteiger partial charge < -0.3 is 10.5 Å². The molecule has 3 unspecified atom stereocenters. The predicted molar refractivity (Wildman–Crippen MR) is 75.5 cm³/mol. The van der Waals surface area contributed by atoms with E-state index in [1.807, 2.05) is 0 Å². The van der Waals surface area contributed by atoms with Gasteiger partial charge in [-0.2, -0.15) is 0 Å². The van der Waals surface area contributed by atoms with Crippen molar-refractivity contribution in [2.45, 2.75) is 52.2 Å². The molecular formula is C16H23F2NO. The van der Waals surface area contributed by atoms with Gasteiger partial charge in [-0.1, -0.05) is 20.8 Å². The Kier molecular flexibility index (Phi) is 4.33. The highest BCUT2D eigenvalue weighted by Crippen LogP contribution is 2.38. The number of halogens is 2. The summed E-state index contributed by atoms with van der Waals surface area (Å²) in [6, 6.07) is 3.17. The molecule has 3 atom stereocenters. The van der Waals surface area contributed by atoms with Crippen molar-refractivity contribution in [1.82, 2.24) is 0 Å². The minimum absolute atomic E-state index is 0.0834. The van der Waals surface area contributed by atoms with Crippen LogP contribution in [0.25, 0.3) is 0 Å². The van der Waals surface area contributed by atoms with E-state index in [2.05, 4.69) is 20.8 Å². The first-order chi connectivity index (χ1) is 9.25. The van der Waals surface area contributed by atoms with Crippen molar-refractivity contribution in [2.75, 3.05) is 0 Å². The average molecular weight is 283 g/mol. The normalized spacial score (nSPS) is 27.4. The Bertz CT molecular complexity index is 450. The van der Waals surface area contributed by atoms with Crippen molar-refractivity contribution in [3.63, 3.8) is 0 Å².